The molecule has 1 saturated heterocycles. The Morgan fingerprint density at radius 3 is 2.29 bits per heavy atom. The molecule has 1 heterocycles. The first-order valence-corrected chi connectivity index (χ1v) is 15.2. The number of carbonyl (C=O) groups excluding carboxylic acids is 1. The van der Waals surface area contributed by atoms with Crippen molar-refractivity contribution >= 4 is 5.97 Å². The quantitative estimate of drug-likeness (QED) is 0.381. The lowest BCUT2D eigenvalue weighted by molar-refractivity contribution is -0.232. The smallest absolute Gasteiger partial charge is 0.314 e. The van der Waals surface area contributed by atoms with Crippen LogP contribution in [-0.2, 0) is 19.0 Å². The van der Waals surface area contributed by atoms with Gasteiger partial charge in [-0.3, -0.25) is 4.79 Å². The molecule has 0 aromatic rings. The van der Waals surface area contributed by atoms with Crippen molar-refractivity contribution in [1.29, 1.82) is 0 Å². The molecular weight excluding hydrogens is 480 g/mol. The molecule has 6 heteroatoms. The fraction of sp³-hybridized carbons (Fsp3) is 0.906. The van der Waals surface area contributed by atoms with Gasteiger partial charge in [0, 0.05) is 24.9 Å². The van der Waals surface area contributed by atoms with E-state index in [1.54, 1.807) is 7.11 Å². The van der Waals surface area contributed by atoms with E-state index in [1.807, 2.05) is 6.92 Å². The van der Waals surface area contributed by atoms with Crippen molar-refractivity contribution in [3.8, 4) is 0 Å². The first kappa shape index (κ1) is 27.2. The molecule has 0 aromatic heterocycles. The van der Waals surface area contributed by atoms with E-state index in [9.17, 15) is 15.0 Å². The van der Waals surface area contributed by atoms with Crippen molar-refractivity contribution < 1.29 is 29.2 Å². The predicted octanol–water partition coefficient (Wildman–Crippen LogP) is 5.25. The maximum atomic E-state index is 13.1. The number of hydrogen-bond donors (Lipinski definition) is 2. The summed E-state index contributed by atoms with van der Waals surface area (Å²) in [7, 11) is 3.22. The summed E-state index contributed by atoms with van der Waals surface area (Å²) in [6, 6.07) is 0. The molecule has 0 unspecified atom stereocenters. The van der Waals surface area contributed by atoms with Gasteiger partial charge in [0.2, 0.25) is 0 Å². The first-order chi connectivity index (χ1) is 17.9. The van der Waals surface area contributed by atoms with Crippen LogP contribution in [0.5, 0.6) is 0 Å². The van der Waals surface area contributed by atoms with Gasteiger partial charge in [-0.25, -0.2) is 0 Å². The van der Waals surface area contributed by atoms with Crippen LogP contribution in [0.2, 0.25) is 0 Å². The molecule has 0 radical (unpaired) electrons. The number of rotatable bonds is 4. The fourth-order valence-electron chi connectivity index (χ4n) is 12.1. The average Bonchev–Trinajstić information content (AvgIpc) is 3.51. The van der Waals surface area contributed by atoms with Gasteiger partial charge in [-0.15, -0.1) is 0 Å². The lowest BCUT2D eigenvalue weighted by Crippen LogP contribution is -2.63. The Balaban J connectivity index is 1.32. The maximum Gasteiger partial charge on any atom is 0.314 e. The topological polar surface area (TPSA) is 85.2 Å². The lowest BCUT2D eigenvalue weighted by atomic mass is 9.41. The first-order valence-electron chi connectivity index (χ1n) is 15.2. The summed E-state index contributed by atoms with van der Waals surface area (Å²) >= 11 is 0. The molecule has 38 heavy (non-hydrogen) atoms. The van der Waals surface area contributed by atoms with Crippen LogP contribution in [-0.4, -0.2) is 55.0 Å². The molecule has 5 saturated carbocycles. The minimum absolute atomic E-state index is 0.0358. The van der Waals surface area contributed by atoms with Crippen molar-refractivity contribution in [2.45, 2.75) is 117 Å². The molecule has 6 nitrogen and oxygen atoms in total. The molecule has 5 aliphatic carbocycles. The van der Waals surface area contributed by atoms with E-state index in [1.165, 1.54) is 20.0 Å². The Morgan fingerprint density at radius 2 is 1.63 bits per heavy atom. The van der Waals surface area contributed by atoms with Crippen LogP contribution < -0.4 is 0 Å². The SMILES string of the molecule is C=C(C)[C@@H]1CC[C@H]([C@H]2CC[C@@]3(C)[C@@H]4CC[C@H]5[C@](C)(C(=O)OC)[C@@H](O)C[C@H](O)[C@@]56C[C@@]46CC[C@]23C)[C@@H](OC)O1. The third-order valence-electron chi connectivity index (χ3n) is 14.2. The van der Waals surface area contributed by atoms with Crippen molar-refractivity contribution in [1.82, 2.24) is 0 Å². The van der Waals surface area contributed by atoms with Crippen molar-refractivity contribution in [2.24, 2.45) is 50.7 Å². The molecule has 214 valence electrons. The Hall–Kier alpha value is -0.950. The van der Waals surface area contributed by atoms with Crippen molar-refractivity contribution in [2.75, 3.05) is 14.2 Å². The number of carbonyl (C=O) groups is 1. The second-order valence-electron chi connectivity index (χ2n) is 14.9. The molecule has 13 atom stereocenters. The zero-order valence-corrected chi connectivity index (χ0v) is 24.4. The monoisotopic (exact) mass is 530 g/mol. The number of aliphatic hydroxyl groups excluding tert-OH is 2. The van der Waals surface area contributed by atoms with E-state index < -0.39 is 17.6 Å². The van der Waals surface area contributed by atoms with Gasteiger partial charge in [-0.05, 0) is 106 Å². The highest BCUT2D eigenvalue weighted by Crippen LogP contribution is 2.89. The van der Waals surface area contributed by atoms with Crippen LogP contribution >= 0.6 is 0 Å². The molecule has 6 rings (SSSR count). The van der Waals surface area contributed by atoms with E-state index in [0.717, 1.165) is 50.5 Å². The van der Waals surface area contributed by atoms with E-state index >= 15 is 0 Å². The molecule has 1 aliphatic heterocycles. The van der Waals surface area contributed by atoms with Gasteiger partial charge in [0.15, 0.2) is 6.29 Å². The number of aliphatic hydroxyl groups is 2. The third-order valence-corrected chi connectivity index (χ3v) is 14.2. The molecule has 2 spiro atoms. The highest BCUT2D eigenvalue weighted by molar-refractivity contribution is 5.78. The highest BCUT2D eigenvalue weighted by atomic mass is 16.7. The number of ether oxygens (including phenoxy) is 3. The number of esters is 1. The summed E-state index contributed by atoms with van der Waals surface area (Å²) in [5, 5.41) is 22.7. The Kier molecular flexibility index (Phi) is 6.11. The fourth-order valence-corrected chi connectivity index (χ4v) is 12.1. The number of methoxy groups -OCH3 is 2. The summed E-state index contributed by atoms with van der Waals surface area (Å²) in [6.45, 7) is 13.2. The molecule has 6 fully saturated rings. The van der Waals surface area contributed by atoms with Gasteiger partial charge in [-0.1, -0.05) is 26.0 Å². The number of fused-ring (bicyclic) bond motifs is 2. The van der Waals surface area contributed by atoms with E-state index in [2.05, 4.69) is 27.4 Å². The van der Waals surface area contributed by atoms with Crippen LogP contribution in [0.25, 0.3) is 0 Å². The maximum absolute atomic E-state index is 13.1. The van der Waals surface area contributed by atoms with Gasteiger partial charge in [0.1, 0.15) is 0 Å². The van der Waals surface area contributed by atoms with Crippen LogP contribution in [0, 0.1) is 50.7 Å². The highest BCUT2D eigenvalue weighted by Gasteiger charge is 2.85. The van der Waals surface area contributed by atoms with Crippen LogP contribution in [0.3, 0.4) is 0 Å². The normalized spacial score (nSPS) is 57.2. The van der Waals surface area contributed by atoms with E-state index in [0.29, 0.717) is 17.8 Å². The molecular formula is C32H50O6. The van der Waals surface area contributed by atoms with Crippen molar-refractivity contribution in [3.63, 3.8) is 0 Å². The Morgan fingerprint density at radius 1 is 0.921 bits per heavy atom. The Bertz CT molecular complexity index is 1010. The predicted molar refractivity (Wildman–Crippen MR) is 144 cm³/mol. The van der Waals surface area contributed by atoms with Gasteiger partial charge in [0.25, 0.3) is 0 Å². The standard InChI is InChI=1S/C32H50O6/c1-18(2)21-9-8-19(26(36-6)38-21)20-12-13-29(4)22-10-11-23-30(5,27(35)37-7)24(33)16-25(34)32(23)17-31(22,32)15-14-28(20,29)3/h19-26,33-34H,1,8-17H2,2-7H3/t19-,20-,21+,22+,23+,24+,25+,26+,28-,29+,30+,31+,32-/m1/s1. The summed E-state index contributed by atoms with van der Waals surface area (Å²) in [5.74, 6) is 1.11. The molecule has 6 aliphatic rings. The lowest BCUT2D eigenvalue weighted by Gasteiger charge is -2.64. The molecule has 0 amide bonds. The zero-order valence-electron chi connectivity index (χ0n) is 24.4. The second-order valence-corrected chi connectivity index (χ2v) is 14.9. The van der Waals surface area contributed by atoms with Gasteiger partial charge in [0.05, 0.1) is 30.8 Å². The van der Waals surface area contributed by atoms with Crippen LogP contribution in [0.15, 0.2) is 12.2 Å². The van der Waals surface area contributed by atoms with E-state index in [-0.39, 0.29) is 52.4 Å². The third kappa shape index (κ3) is 3.02. The summed E-state index contributed by atoms with van der Waals surface area (Å²) in [4.78, 5) is 13.1. The van der Waals surface area contributed by atoms with Gasteiger partial charge < -0.3 is 24.4 Å². The average molecular weight is 531 g/mol. The Labute approximate surface area is 228 Å². The van der Waals surface area contributed by atoms with Crippen LogP contribution in [0.4, 0.5) is 0 Å². The van der Waals surface area contributed by atoms with E-state index in [4.69, 9.17) is 14.2 Å². The minimum Gasteiger partial charge on any atom is -0.469 e. The summed E-state index contributed by atoms with van der Waals surface area (Å²) in [6.07, 6.45) is 8.42. The summed E-state index contributed by atoms with van der Waals surface area (Å²) < 4.78 is 17.7. The molecule has 0 aromatic carbocycles. The molecule has 2 N–H and O–H groups in total. The zero-order chi connectivity index (χ0) is 27.5. The number of hydrogen-bond acceptors (Lipinski definition) is 6. The van der Waals surface area contributed by atoms with Crippen molar-refractivity contribution in [3.05, 3.63) is 12.2 Å². The van der Waals surface area contributed by atoms with Gasteiger partial charge in [-0.2, -0.15) is 0 Å². The minimum atomic E-state index is -0.951. The summed E-state index contributed by atoms with van der Waals surface area (Å²) in [5.41, 5.74) is 0.267. The van der Waals surface area contributed by atoms with Crippen LogP contribution in [0.1, 0.15) is 91.9 Å². The molecule has 0 bridgehead atoms. The van der Waals surface area contributed by atoms with Gasteiger partial charge >= 0.3 is 5.97 Å². The second kappa shape index (κ2) is 8.53. The largest absolute Gasteiger partial charge is 0.469 e.